The molecule has 0 saturated carbocycles. The number of nitrogens with zero attached hydrogens (tertiary/aromatic N) is 2. The van der Waals surface area contributed by atoms with Gasteiger partial charge in [0.05, 0.1) is 11.3 Å². The maximum absolute atomic E-state index is 12.2. The summed E-state index contributed by atoms with van der Waals surface area (Å²) in [5.41, 5.74) is 1.52. The summed E-state index contributed by atoms with van der Waals surface area (Å²) in [6, 6.07) is 17.1. The fraction of sp³-hybridized carbons (Fsp3) is 0. The van der Waals surface area contributed by atoms with E-state index in [1.54, 1.807) is 12.1 Å². The van der Waals surface area contributed by atoms with Gasteiger partial charge in [0.15, 0.2) is 5.01 Å². The Bertz CT molecular complexity index is 1090. The van der Waals surface area contributed by atoms with Gasteiger partial charge in [0.25, 0.3) is 0 Å². The molecule has 0 amide bonds. The number of para-hydroxylation sites is 2. The van der Waals surface area contributed by atoms with Crippen LogP contribution in [-0.4, -0.2) is 10.2 Å². The molecule has 0 saturated heterocycles. The molecule has 5 nitrogen and oxygen atoms in total. The van der Waals surface area contributed by atoms with Crippen molar-refractivity contribution in [1.82, 2.24) is 10.2 Å². The Hall–Kier alpha value is -2.26. The molecule has 2 heterocycles. The van der Waals surface area contributed by atoms with Crippen LogP contribution in [-0.2, 0) is 0 Å². The maximum atomic E-state index is 12.2. The number of halogens is 1. The minimum Gasteiger partial charge on any atom is -0.422 e. The number of hydrogen-bond donors (Lipinski definition) is 1. The van der Waals surface area contributed by atoms with Gasteiger partial charge in [-0.3, -0.25) is 0 Å². The van der Waals surface area contributed by atoms with Crippen molar-refractivity contribution in [2.24, 2.45) is 0 Å². The van der Waals surface area contributed by atoms with Crippen LogP contribution in [0.5, 0.6) is 0 Å². The van der Waals surface area contributed by atoms with Gasteiger partial charge in [-0.1, -0.05) is 41.7 Å². The first kappa shape index (κ1) is 15.3. The number of rotatable bonds is 3. The van der Waals surface area contributed by atoms with Gasteiger partial charge in [0.1, 0.15) is 5.58 Å². The summed E-state index contributed by atoms with van der Waals surface area (Å²) in [5.74, 6) is 0. The first-order chi connectivity index (χ1) is 11.7. The van der Waals surface area contributed by atoms with Gasteiger partial charge in [-0.15, -0.1) is 10.2 Å². The van der Waals surface area contributed by atoms with Gasteiger partial charge in [-0.05, 0) is 46.9 Å². The van der Waals surface area contributed by atoms with Crippen molar-refractivity contribution in [3.8, 4) is 10.6 Å². The van der Waals surface area contributed by atoms with Gasteiger partial charge in [-0.2, -0.15) is 0 Å². The first-order valence-corrected chi connectivity index (χ1v) is 8.98. The van der Waals surface area contributed by atoms with Crippen molar-refractivity contribution in [1.29, 1.82) is 0 Å². The summed E-state index contributed by atoms with van der Waals surface area (Å²) < 4.78 is 6.44. The molecule has 118 valence electrons. The molecule has 0 aliphatic rings. The Morgan fingerprint density at radius 3 is 2.71 bits per heavy atom. The maximum Gasteiger partial charge on any atom is 0.346 e. The highest BCUT2D eigenvalue weighted by Crippen LogP contribution is 2.29. The molecule has 0 fully saturated rings. The molecular weight excluding hydrogens is 437 g/mol. The monoisotopic (exact) mass is 447 g/mol. The zero-order valence-electron chi connectivity index (χ0n) is 12.2. The van der Waals surface area contributed by atoms with E-state index in [0.29, 0.717) is 21.3 Å². The molecule has 4 rings (SSSR count). The number of hydrogen-bond acceptors (Lipinski definition) is 6. The van der Waals surface area contributed by atoms with Crippen LogP contribution in [0.3, 0.4) is 0 Å². The third-order valence-electron chi connectivity index (χ3n) is 3.41. The molecule has 2 aromatic heterocycles. The summed E-state index contributed by atoms with van der Waals surface area (Å²) in [4.78, 5) is 12.2. The molecule has 4 aromatic rings. The van der Waals surface area contributed by atoms with E-state index < -0.39 is 5.63 Å². The van der Waals surface area contributed by atoms with E-state index in [4.69, 9.17) is 4.42 Å². The molecule has 0 aliphatic heterocycles. The van der Waals surface area contributed by atoms with Crippen molar-refractivity contribution in [2.75, 3.05) is 5.32 Å². The highest BCUT2D eigenvalue weighted by molar-refractivity contribution is 14.1. The van der Waals surface area contributed by atoms with Gasteiger partial charge >= 0.3 is 5.63 Å². The van der Waals surface area contributed by atoms with Crippen molar-refractivity contribution in [3.63, 3.8) is 0 Å². The highest BCUT2D eigenvalue weighted by Gasteiger charge is 2.13. The standard InChI is InChI=1S/C17H10IN3O2S/c18-12-6-2-3-7-13(12)19-17-21-20-15(24-17)11-9-10-5-1-4-8-14(10)23-16(11)22/h1-9H,(H,19,21). The second-order valence-electron chi connectivity index (χ2n) is 5.00. The van der Waals surface area contributed by atoms with Crippen LogP contribution in [0.25, 0.3) is 21.5 Å². The summed E-state index contributed by atoms with van der Waals surface area (Å²) >= 11 is 3.56. The topological polar surface area (TPSA) is 68.0 Å². The van der Waals surface area contributed by atoms with E-state index in [0.717, 1.165) is 14.6 Å². The first-order valence-electron chi connectivity index (χ1n) is 7.09. The summed E-state index contributed by atoms with van der Waals surface area (Å²) in [5, 5.41) is 13.5. The van der Waals surface area contributed by atoms with Crippen LogP contribution in [0.15, 0.2) is 63.8 Å². The molecule has 0 spiro atoms. The Morgan fingerprint density at radius 2 is 1.83 bits per heavy atom. The fourth-order valence-electron chi connectivity index (χ4n) is 2.27. The van der Waals surface area contributed by atoms with Crippen LogP contribution in [0.1, 0.15) is 0 Å². The Morgan fingerprint density at radius 1 is 1.04 bits per heavy atom. The number of nitrogens with one attached hydrogen (secondary N) is 1. The van der Waals surface area contributed by atoms with Gasteiger partial charge in [0.2, 0.25) is 5.13 Å². The van der Waals surface area contributed by atoms with Crippen molar-refractivity contribution in [2.45, 2.75) is 0 Å². The van der Waals surface area contributed by atoms with Crippen LogP contribution >= 0.6 is 33.9 Å². The zero-order valence-corrected chi connectivity index (χ0v) is 15.2. The average molecular weight is 447 g/mol. The predicted octanol–water partition coefficient (Wildman–Crippen LogP) is 4.66. The number of aromatic nitrogens is 2. The summed E-state index contributed by atoms with van der Waals surface area (Å²) in [6.07, 6.45) is 0. The van der Waals surface area contributed by atoms with Gasteiger partial charge in [-0.25, -0.2) is 4.79 Å². The molecule has 2 aromatic carbocycles. The number of benzene rings is 2. The highest BCUT2D eigenvalue weighted by atomic mass is 127. The smallest absolute Gasteiger partial charge is 0.346 e. The Balaban J connectivity index is 1.71. The molecule has 0 unspecified atom stereocenters. The minimum absolute atomic E-state index is 0.411. The SMILES string of the molecule is O=c1oc2ccccc2cc1-c1nnc(Nc2ccccc2I)s1. The van der Waals surface area contributed by atoms with E-state index in [2.05, 4.69) is 38.1 Å². The van der Waals surface area contributed by atoms with E-state index in [9.17, 15) is 4.79 Å². The molecule has 0 atom stereocenters. The lowest BCUT2D eigenvalue weighted by Crippen LogP contribution is -2.02. The van der Waals surface area contributed by atoms with Crippen LogP contribution < -0.4 is 10.9 Å². The Labute approximate surface area is 154 Å². The molecular formula is C17H10IN3O2S. The minimum atomic E-state index is -0.411. The van der Waals surface area contributed by atoms with E-state index in [-0.39, 0.29) is 0 Å². The van der Waals surface area contributed by atoms with E-state index in [1.807, 2.05) is 42.5 Å². The van der Waals surface area contributed by atoms with Crippen LogP contribution in [0.4, 0.5) is 10.8 Å². The predicted molar refractivity (Wildman–Crippen MR) is 104 cm³/mol. The second-order valence-corrected chi connectivity index (χ2v) is 7.14. The average Bonchev–Trinajstić information content (AvgIpc) is 3.04. The molecule has 1 N–H and O–H groups in total. The summed E-state index contributed by atoms with van der Waals surface area (Å²) in [7, 11) is 0. The quantitative estimate of drug-likeness (QED) is 0.366. The largest absolute Gasteiger partial charge is 0.422 e. The van der Waals surface area contributed by atoms with E-state index >= 15 is 0 Å². The van der Waals surface area contributed by atoms with Crippen LogP contribution in [0, 0.1) is 3.57 Å². The lowest BCUT2D eigenvalue weighted by molar-refractivity contribution is 0.563. The van der Waals surface area contributed by atoms with Crippen LogP contribution in [0.2, 0.25) is 0 Å². The lowest BCUT2D eigenvalue weighted by atomic mass is 10.2. The number of fused-ring (bicyclic) bond motifs is 1. The third-order valence-corrected chi connectivity index (χ3v) is 5.22. The molecule has 0 bridgehead atoms. The summed E-state index contributed by atoms with van der Waals surface area (Å²) in [6.45, 7) is 0. The van der Waals surface area contributed by atoms with Crippen molar-refractivity contribution < 1.29 is 4.42 Å². The van der Waals surface area contributed by atoms with E-state index in [1.165, 1.54) is 11.3 Å². The van der Waals surface area contributed by atoms with Gasteiger partial charge in [0, 0.05) is 8.96 Å². The molecule has 24 heavy (non-hydrogen) atoms. The van der Waals surface area contributed by atoms with Gasteiger partial charge < -0.3 is 9.73 Å². The third kappa shape index (κ3) is 2.92. The molecule has 7 heteroatoms. The normalized spacial score (nSPS) is 10.9. The van der Waals surface area contributed by atoms with Crippen molar-refractivity contribution in [3.05, 3.63) is 68.6 Å². The van der Waals surface area contributed by atoms with Crippen molar-refractivity contribution >= 4 is 55.7 Å². The fourth-order valence-corrected chi connectivity index (χ4v) is 3.55. The lowest BCUT2D eigenvalue weighted by Gasteiger charge is -2.03. The molecule has 0 aliphatic carbocycles. The Kier molecular flexibility index (Phi) is 4.03. The number of anilines is 2. The zero-order chi connectivity index (χ0) is 16.5. The second kappa shape index (κ2) is 6.33. The molecule has 0 radical (unpaired) electrons.